The van der Waals surface area contributed by atoms with Gasteiger partial charge in [-0.2, -0.15) is 11.3 Å². The first kappa shape index (κ1) is 19.6. The van der Waals surface area contributed by atoms with Gasteiger partial charge in [0.2, 0.25) is 0 Å². The van der Waals surface area contributed by atoms with E-state index in [9.17, 15) is 14.7 Å². The van der Waals surface area contributed by atoms with Crippen molar-refractivity contribution in [1.82, 2.24) is 5.32 Å². The Morgan fingerprint density at radius 1 is 1.11 bits per heavy atom. The number of carbonyl (C=O) groups is 2. The topological polar surface area (TPSA) is 66.4 Å². The number of phenolic OH excluding ortho intramolecular Hbond substituents is 1. The summed E-state index contributed by atoms with van der Waals surface area (Å²) in [5, 5.41) is 16.9. The van der Waals surface area contributed by atoms with Crippen molar-refractivity contribution in [2.45, 2.75) is 13.3 Å². The van der Waals surface area contributed by atoms with Crippen LogP contribution in [0.2, 0.25) is 0 Å². The first-order valence-electron chi connectivity index (χ1n) is 8.94. The van der Waals surface area contributed by atoms with Crippen LogP contribution in [0.5, 0.6) is 5.75 Å². The molecule has 28 heavy (non-hydrogen) atoms. The van der Waals surface area contributed by atoms with Crippen LogP contribution >= 0.6 is 11.3 Å². The van der Waals surface area contributed by atoms with Crippen LogP contribution in [0.1, 0.15) is 37.4 Å². The van der Waals surface area contributed by atoms with E-state index in [4.69, 9.17) is 0 Å². The third kappa shape index (κ3) is 5.18. The third-order valence-corrected chi connectivity index (χ3v) is 5.03. The van der Waals surface area contributed by atoms with Gasteiger partial charge in [-0.05, 0) is 77.2 Å². The number of ketones is 1. The molecule has 5 heteroatoms. The van der Waals surface area contributed by atoms with E-state index >= 15 is 0 Å². The van der Waals surface area contributed by atoms with Crippen molar-refractivity contribution in [1.29, 1.82) is 0 Å². The van der Waals surface area contributed by atoms with Crippen molar-refractivity contribution in [3.63, 3.8) is 0 Å². The Labute approximate surface area is 168 Å². The molecule has 142 valence electrons. The van der Waals surface area contributed by atoms with Crippen molar-refractivity contribution in [2.24, 2.45) is 0 Å². The number of thiophene rings is 1. The first-order chi connectivity index (χ1) is 13.5. The lowest BCUT2D eigenvalue weighted by Gasteiger charge is -2.05. The van der Waals surface area contributed by atoms with Crippen LogP contribution in [0.4, 0.5) is 0 Å². The molecule has 0 fully saturated rings. The molecule has 0 atom stereocenters. The number of nitrogens with one attached hydrogen (secondary N) is 1. The van der Waals surface area contributed by atoms with Crippen molar-refractivity contribution in [3.05, 3.63) is 93.2 Å². The summed E-state index contributed by atoms with van der Waals surface area (Å²) in [7, 11) is 0. The molecule has 0 unspecified atom stereocenters. The summed E-state index contributed by atoms with van der Waals surface area (Å²) >= 11 is 1.65. The highest BCUT2D eigenvalue weighted by molar-refractivity contribution is 7.07. The van der Waals surface area contributed by atoms with Gasteiger partial charge in [0.05, 0.1) is 5.56 Å². The summed E-state index contributed by atoms with van der Waals surface area (Å²) in [6.45, 7) is 2.44. The molecule has 0 aliphatic rings. The molecular weight excluding hydrogens is 370 g/mol. The highest BCUT2D eigenvalue weighted by Crippen LogP contribution is 2.19. The van der Waals surface area contributed by atoms with Gasteiger partial charge in [-0.1, -0.05) is 24.3 Å². The van der Waals surface area contributed by atoms with Gasteiger partial charge in [-0.3, -0.25) is 9.59 Å². The second-order valence-corrected chi connectivity index (χ2v) is 7.26. The maximum Gasteiger partial charge on any atom is 0.251 e. The van der Waals surface area contributed by atoms with Crippen LogP contribution in [0, 0.1) is 6.92 Å². The largest absolute Gasteiger partial charge is 0.507 e. The number of aryl methyl sites for hydroxylation is 1. The highest BCUT2D eigenvalue weighted by atomic mass is 32.1. The Balaban J connectivity index is 1.56. The summed E-state index contributed by atoms with van der Waals surface area (Å²) in [6, 6.07) is 14.0. The number of benzene rings is 2. The molecule has 1 aromatic heterocycles. The number of hydrogen-bond acceptors (Lipinski definition) is 4. The highest BCUT2D eigenvalue weighted by Gasteiger charge is 2.08. The fourth-order valence-electron chi connectivity index (χ4n) is 2.71. The minimum atomic E-state index is -0.271. The van der Waals surface area contributed by atoms with Crippen LogP contribution in [0.15, 0.2) is 65.4 Å². The monoisotopic (exact) mass is 391 g/mol. The second kappa shape index (κ2) is 9.15. The zero-order chi connectivity index (χ0) is 19.9. The lowest BCUT2D eigenvalue weighted by Crippen LogP contribution is -2.25. The Bertz CT molecular complexity index is 989. The fraction of sp³-hybridized carbons (Fsp3) is 0.130. The molecule has 1 amide bonds. The van der Waals surface area contributed by atoms with Crippen molar-refractivity contribution in [3.8, 4) is 5.75 Å². The number of carbonyl (C=O) groups excluding carboxylic acids is 2. The second-order valence-electron chi connectivity index (χ2n) is 6.48. The van der Waals surface area contributed by atoms with Gasteiger partial charge in [-0.25, -0.2) is 0 Å². The first-order valence-corrected chi connectivity index (χ1v) is 9.88. The van der Waals surface area contributed by atoms with E-state index in [-0.39, 0.29) is 23.0 Å². The Morgan fingerprint density at radius 2 is 1.89 bits per heavy atom. The molecule has 3 rings (SSSR count). The molecule has 4 nitrogen and oxygen atoms in total. The van der Waals surface area contributed by atoms with Crippen molar-refractivity contribution < 1.29 is 14.7 Å². The minimum Gasteiger partial charge on any atom is -0.507 e. The summed E-state index contributed by atoms with van der Waals surface area (Å²) in [4.78, 5) is 24.4. The van der Waals surface area contributed by atoms with Gasteiger partial charge in [0, 0.05) is 12.1 Å². The molecule has 0 saturated heterocycles. The van der Waals surface area contributed by atoms with E-state index in [1.807, 2.05) is 12.3 Å². The maximum absolute atomic E-state index is 12.2. The number of aromatic hydroxyl groups is 1. The number of allylic oxidation sites excluding steroid dienone is 1. The molecule has 0 saturated carbocycles. The van der Waals surface area contributed by atoms with Crippen LogP contribution < -0.4 is 5.32 Å². The zero-order valence-electron chi connectivity index (χ0n) is 15.5. The molecule has 2 N–H and O–H groups in total. The number of hydrogen-bond donors (Lipinski definition) is 2. The van der Waals surface area contributed by atoms with Crippen LogP contribution in [-0.4, -0.2) is 23.3 Å². The summed E-state index contributed by atoms with van der Waals surface area (Å²) in [6.07, 6.45) is 3.89. The predicted octanol–water partition coefficient (Wildman–Crippen LogP) is 4.63. The van der Waals surface area contributed by atoms with Gasteiger partial charge in [-0.15, -0.1) is 0 Å². The molecule has 0 aliphatic heterocycles. The Morgan fingerprint density at radius 3 is 2.57 bits per heavy atom. The average Bonchev–Trinajstić information content (AvgIpc) is 3.20. The SMILES string of the molecule is Cc1ccc(C(=O)/C=C/c2ccc(C(=O)NCCc3ccsc3)cc2)c(O)c1. The summed E-state index contributed by atoms with van der Waals surface area (Å²) in [5.74, 6) is -0.414. The van der Waals surface area contributed by atoms with Gasteiger partial charge in [0.25, 0.3) is 5.91 Å². The van der Waals surface area contributed by atoms with Gasteiger partial charge < -0.3 is 10.4 Å². The molecule has 0 aliphatic carbocycles. The molecule has 2 aromatic carbocycles. The molecule has 3 aromatic rings. The van der Waals surface area contributed by atoms with E-state index in [1.165, 1.54) is 11.6 Å². The quantitative estimate of drug-likeness (QED) is 0.456. The van der Waals surface area contributed by atoms with Gasteiger partial charge >= 0.3 is 0 Å². The minimum absolute atomic E-state index is 0.0240. The van der Waals surface area contributed by atoms with Crippen molar-refractivity contribution in [2.75, 3.05) is 6.54 Å². The lowest BCUT2D eigenvalue weighted by molar-refractivity contribution is 0.0953. The number of rotatable bonds is 7. The Hall–Kier alpha value is -3.18. The lowest BCUT2D eigenvalue weighted by atomic mass is 10.1. The van der Waals surface area contributed by atoms with Gasteiger partial charge in [0.15, 0.2) is 5.78 Å². The van der Waals surface area contributed by atoms with E-state index in [2.05, 4.69) is 16.8 Å². The van der Waals surface area contributed by atoms with Gasteiger partial charge in [0.1, 0.15) is 5.75 Å². The number of phenols is 1. The van der Waals surface area contributed by atoms with E-state index in [0.717, 1.165) is 17.5 Å². The van der Waals surface area contributed by atoms with E-state index in [0.29, 0.717) is 12.1 Å². The normalized spacial score (nSPS) is 10.9. The molecule has 0 radical (unpaired) electrons. The van der Waals surface area contributed by atoms with Crippen LogP contribution in [0.3, 0.4) is 0 Å². The predicted molar refractivity (Wildman–Crippen MR) is 113 cm³/mol. The smallest absolute Gasteiger partial charge is 0.251 e. The fourth-order valence-corrected chi connectivity index (χ4v) is 3.42. The summed E-state index contributed by atoms with van der Waals surface area (Å²) in [5.41, 5.74) is 3.75. The average molecular weight is 391 g/mol. The molecule has 0 bridgehead atoms. The standard InChI is InChI=1S/C23H21NO3S/c1-16-2-8-20(22(26)14-16)21(25)9-5-17-3-6-19(7-4-17)23(27)24-12-10-18-11-13-28-15-18/h2-9,11,13-15,26H,10,12H2,1H3,(H,24,27)/b9-5+. The Kier molecular flexibility index (Phi) is 6.40. The third-order valence-electron chi connectivity index (χ3n) is 4.30. The molecule has 0 spiro atoms. The molecule has 1 heterocycles. The molecular formula is C23H21NO3S. The van der Waals surface area contributed by atoms with Crippen LogP contribution in [-0.2, 0) is 6.42 Å². The van der Waals surface area contributed by atoms with E-state index in [1.54, 1.807) is 59.9 Å². The van der Waals surface area contributed by atoms with Crippen LogP contribution in [0.25, 0.3) is 6.08 Å². The summed E-state index contributed by atoms with van der Waals surface area (Å²) < 4.78 is 0. The zero-order valence-corrected chi connectivity index (χ0v) is 16.3. The van der Waals surface area contributed by atoms with Crippen molar-refractivity contribution >= 4 is 29.1 Å². The number of amides is 1. The maximum atomic E-state index is 12.2. The van der Waals surface area contributed by atoms with E-state index < -0.39 is 0 Å².